The number of anilines is 1. The van der Waals surface area contributed by atoms with Crippen LogP contribution in [0, 0.1) is 0 Å². The summed E-state index contributed by atoms with van der Waals surface area (Å²) in [5.41, 5.74) is 1.09. The molecule has 0 aromatic carbocycles. The normalized spacial score (nSPS) is 10.4. The number of carbonyl (C=O) groups is 1. The van der Waals surface area contributed by atoms with Crippen LogP contribution in [0.1, 0.15) is 10.5 Å². The van der Waals surface area contributed by atoms with Gasteiger partial charge in [-0.3, -0.25) is 4.79 Å². The zero-order valence-electron chi connectivity index (χ0n) is 9.42. The molecule has 0 aliphatic heterocycles. The number of amides is 1. The van der Waals surface area contributed by atoms with Crippen LogP contribution in [-0.4, -0.2) is 20.9 Å². The number of aromatic amines is 1. The lowest BCUT2D eigenvalue weighted by atomic mass is 10.2. The number of rotatable bonds is 2. The van der Waals surface area contributed by atoms with E-state index in [-0.39, 0.29) is 5.91 Å². The molecule has 3 heterocycles. The fraction of sp³-hybridized carbons (Fsp3) is 0. The Morgan fingerprint density at radius 2 is 2.06 bits per heavy atom. The van der Waals surface area contributed by atoms with Crippen molar-refractivity contribution in [3.05, 3.63) is 54.6 Å². The maximum absolute atomic E-state index is 12.1. The molecule has 0 spiro atoms. The van der Waals surface area contributed by atoms with E-state index in [9.17, 15) is 4.79 Å². The summed E-state index contributed by atoms with van der Waals surface area (Å²) in [6.07, 6.45) is 5.02. The van der Waals surface area contributed by atoms with E-state index in [1.807, 2.05) is 18.2 Å². The molecule has 0 unspecified atom stereocenters. The van der Waals surface area contributed by atoms with Gasteiger partial charge < -0.3 is 10.3 Å². The van der Waals surface area contributed by atoms with Gasteiger partial charge in [-0.15, -0.1) is 0 Å². The molecule has 0 aliphatic carbocycles. The van der Waals surface area contributed by atoms with Gasteiger partial charge in [0.05, 0.1) is 5.52 Å². The van der Waals surface area contributed by atoms with E-state index in [2.05, 4.69) is 20.3 Å². The number of nitrogens with zero attached hydrogens (tertiary/aromatic N) is 2. The number of carbonyl (C=O) groups excluding carboxylic acids is 1. The van der Waals surface area contributed by atoms with Gasteiger partial charge in [-0.05, 0) is 24.3 Å². The minimum atomic E-state index is -0.276. The third-order valence-corrected chi connectivity index (χ3v) is 2.60. The first-order valence-electron chi connectivity index (χ1n) is 5.49. The molecule has 0 fully saturated rings. The zero-order valence-corrected chi connectivity index (χ0v) is 9.42. The third kappa shape index (κ3) is 1.82. The molecule has 1 amide bonds. The number of hydrogen-bond donors (Lipinski definition) is 2. The van der Waals surface area contributed by atoms with Crippen molar-refractivity contribution >= 4 is 22.6 Å². The number of hydrogen-bond acceptors (Lipinski definition) is 3. The van der Waals surface area contributed by atoms with Gasteiger partial charge in [-0.25, -0.2) is 9.97 Å². The van der Waals surface area contributed by atoms with E-state index in [4.69, 9.17) is 0 Å². The number of aromatic nitrogens is 3. The van der Waals surface area contributed by atoms with Crippen LogP contribution in [-0.2, 0) is 0 Å². The standard InChI is InChI=1S/C13H10N4O/c18-13(17-10-3-1-2-6-14-10)12-11-9(4-7-15-11)5-8-16-12/h1-8,15H,(H,14,17,18). The Balaban J connectivity index is 1.95. The Hall–Kier alpha value is -2.69. The van der Waals surface area contributed by atoms with Crippen LogP contribution in [0.15, 0.2) is 48.9 Å². The number of pyridine rings is 2. The lowest BCUT2D eigenvalue weighted by molar-refractivity contribution is 0.102. The molecule has 0 radical (unpaired) electrons. The molecule has 3 aromatic heterocycles. The highest BCUT2D eigenvalue weighted by Gasteiger charge is 2.12. The van der Waals surface area contributed by atoms with Crippen LogP contribution in [0.2, 0.25) is 0 Å². The first-order chi connectivity index (χ1) is 8.84. The fourth-order valence-electron chi connectivity index (χ4n) is 1.77. The first kappa shape index (κ1) is 10.5. The number of nitrogens with one attached hydrogen (secondary N) is 2. The summed E-state index contributed by atoms with van der Waals surface area (Å²) in [6, 6.07) is 9.08. The fourth-order valence-corrected chi connectivity index (χ4v) is 1.77. The topological polar surface area (TPSA) is 70.7 Å². The van der Waals surface area contributed by atoms with Gasteiger partial charge in [0.25, 0.3) is 5.91 Å². The monoisotopic (exact) mass is 238 g/mol. The Bertz CT molecular complexity index is 690. The van der Waals surface area contributed by atoms with Gasteiger partial charge >= 0.3 is 0 Å². The average molecular weight is 238 g/mol. The minimum absolute atomic E-state index is 0.276. The van der Waals surface area contributed by atoms with Crippen LogP contribution in [0.3, 0.4) is 0 Å². The molecule has 3 aromatic rings. The third-order valence-electron chi connectivity index (χ3n) is 2.60. The second-order valence-electron chi connectivity index (χ2n) is 3.77. The Labute approximate surface area is 103 Å². The molecule has 5 nitrogen and oxygen atoms in total. The van der Waals surface area contributed by atoms with Crippen molar-refractivity contribution in [2.45, 2.75) is 0 Å². The van der Waals surface area contributed by atoms with Gasteiger partial charge in [0.1, 0.15) is 5.82 Å². The van der Waals surface area contributed by atoms with E-state index >= 15 is 0 Å². The maximum Gasteiger partial charge on any atom is 0.277 e. The summed E-state index contributed by atoms with van der Waals surface area (Å²) in [5.74, 6) is 0.231. The Morgan fingerprint density at radius 1 is 1.11 bits per heavy atom. The molecule has 0 saturated carbocycles. The number of H-pyrrole nitrogens is 1. The molecule has 3 rings (SSSR count). The van der Waals surface area contributed by atoms with Crippen LogP contribution in [0.25, 0.3) is 10.9 Å². The smallest absolute Gasteiger partial charge is 0.277 e. The SMILES string of the molecule is O=C(Nc1ccccn1)c1nccc2cc[nH]c12. The molecule has 88 valence electrons. The van der Waals surface area contributed by atoms with Crippen molar-refractivity contribution in [1.29, 1.82) is 0 Å². The average Bonchev–Trinajstić information content (AvgIpc) is 2.87. The lowest BCUT2D eigenvalue weighted by Gasteiger charge is -2.04. The summed E-state index contributed by atoms with van der Waals surface area (Å²) in [6.45, 7) is 0. The van der Waals surface area contributed by atoms with Crippen LogP contribution >= 0.6 is 0 Å². The Morgan fingerprint density at radius 3 is 2.89 bits per heavy atom. The van der Waals surface area contributed by atoms with Gasteiger partial charge in [0, 0.05) is 24.0 Å². The first-order valence-corrected chi connectivity index (χ1v) is 5.49. The van der Waals surface area contributed by atoms with Crippen molar-refractivity contribution in [2.75, 3.05) is 5.32 Å². The van der Waals surface area contributed by atoms with Crippen LogP contribution < -0.4 is 5.32 Å². The minimum Gasteiger partial charge on any atom is -0.359 e. The van der Waals surface area contributed by atoms with Crippen LogP contribution in [0.5, 0.6) is 0 Å². The highest BCUT2D eigenvalue weighted by atomic mass is 16.1. The van der Waals surface area contributed by atoms with E-state index in [0.717, 1.165) is 10.9 Å². The number of fused-ring (bicyclic) bond motifs is 1. The van der Waals surface area contributed by atoms with E-state index in [0.29, 0.717) is 11.5 Å². The predicted octanol–water partition coefficient (Wildman–Crippen LogP) is 2.21. The van der Waals surface area contributed by atoms with Crippen molar-refractivity contribution in [3.8, 4) is 0 Å². The molecular weight excluding hydrogens is 228 g/mol. The van der Waals surface area contributed by atoms with E-state index in [1.54, 1.807) is 30.7 Å². The van der Waals surface area contributed by atoms with E-state index in [1.165, 1.54) is 0 Å². The van der Waals surface area contributed by atoms with Crippen molar-refractivity contribution in [2.24, 2.45) is 0 Å². The van der Waals surface area contributed by atoms with Crippen LogP contribution in [0.4, 0.5) is 5.82 Å². The van der Waals surface area contributed by atoms with Gasteiger partial charge in [0.15, 0.2) is 5.69 Å². The maximum atomic E-state index is 12.1. The lowest BCUT2D eigenvalue weighted by Crippen LogP contribution is -2.14. The zero-order chi connectivity index (χ0) is 12.4. The molecule has 0 aliphatic rings. The molecule has 5 heteroatoms. The molecule has 18 heavy (non-hydrogen) atoms. The summed E-state index contributed by atoms with van der Waals surface area (Å²) in [5, 5.41) is 3.66. The van der Waals surface area contributed by atoms with Gasteiger partial charge in [-0.2, -0.15) is 0 Å². The summed E-state index contributed by atoms with van der Waals surface area (Å²) < 4.78 is 0. The molecular formula is C13H10N4O. The Kier molecular flexibility index (Phi) is 2.49. The molecule has 2 N–H and O–H groups in total. The molecule has 0 saturated heterocycles. The summed E-state index contributed by atoms with van der Waals surface area (Å²) >= 11 is 0. The molecule has 0 bridgehead atoms. The second-order valence-corrected chi connectivity index (χ2v) is 3.77. The highest BCUT2D eigenvalue weighted by Crippen LogP contribution is 2.15. The largest absolute Gasteiger partial charge is 0.359 e. The highest BCUT2D eigenvalue weighted by molar-refractivity contribution is 6.09. The summed E-state index contributed by atoms with van der Waals surface area (Å²) in [7, 11) is 0. The summed E-state index contributed by atoms with van der Waals surface area (Å²) in [4.78, 5) is 23.2. The van der Waals surface area contributed by atoms with Crippen molar-refractivity contribution in [1.82, 2.24) is 15.0 Å². The van der Waals surface area contributed by atoms with Gasteiger partial charge in [-0.1, -0.05) is 6.07 Å². The van der Waals surface area contributed by atoms with Crippen molar-refractivity contribution < 1.29 is 4.79 Å². The second kappa shape index (κ2) is 4.29. The quantitative estimate of drug-likeness (QED) is 0.719. The van der Waals surface area contributed by atoms with Crippen molar-refractivity contribution in [3.63, 3.8) is 0 Å². The van der Waals surface area contributed by atoms with Gasteiger partial charge in [0.2, 0.25) is 0 Å². The molecule has 0 atom stereocenters. The predicted molar refractivity (Wildman–Crippen MR) is 68.3 cm³/mol. The van der Waals surface area contributed by atoms with E-state index < -0.39 is 0 Å².